The van der Waals surface area contributed by atoms with Crippen LogP contribution in [0.2, 0.25) is 5.02 Å². The fraction of sp³-hybridized carbons (Fsp3) is 0.391. The molecule has 0 saturated carbocycles. The summed E-state index contributed by atoms with van der Waals surface area (Å²) in [5, 5.41) is 1.72. The molecule has 1 unspecified atom stereocenters. The van der Waals surface area contributed by atoms with E-state index in [1.807, 2.05) is 18.3 Å². The number of piperidine rings is 1. The van der Waals surface area contributed by atoms with Gasteiger partial charge in [-0.25, -0.2) is 15.0 Å². The summed E-state index contributed by atoms with van der Waals surface area (Å²) in [6, 6.07) is 6.09. The van der Waals surface area contributed by atoms with Gasteiger partial charge in [0.15, 0.2) is 5.65 Å². The van der Waals surface area contributed by atoms with Crippen molar-refractivity contribution in [2.45, 2.75) is 38.2 Å². The lowest BCUT2D eigenvalue weighted by atomic mass is 9.91. The Morgan fingerprint density at radius 3 is 2.87 bits per heavy atom. The topological polar surface area (TPSA) is 79.8 Å². The molecule has 0 spiro atoms. The van der Waals surface area contributed by atoms with Crippen LogP contribution in [0.1, 0.15) is 36.9 Å². The Labute approximate surface area is 185 Å². The van der Waals surface area contributed by atoms with Crippen LogP contribution in [0.3, 0.4) is 0 Å². The fourth-order valence-corrected chi connectivity index (χ4v) is 4.87. The fourth-order valence-electron chi connectivity index (χ4n) is 4.60. The number of pyridine rings is 1. The number of aromatic nitrogens is 5. The molecule has 0 bridgehead atoms. The number of imidazole rings is 1. The van der Waals surface area contributed by atoms with Gasteiger partial charge in [-0.3, -0.25) is 4.98 Å². The summed E-state index contributed by atoms with van der Waals surface area (Å²) in [7, 11) is 1.80. The van der Waals surface area contributed by atoms with Gasteiger partial charge < -0.3 is 14.6 Å². The number of nitrogens with zero attached hydrogens (tertiary/aromatic N) is 5. The zero-order chi connectivity index (χ0) is 21.4. The normalized spacial score (nSPS) is 16.3. The molecule has 0 radical (unpaired) electrons. The van der Waals surface area contributed by atoms with Crippen LogP contribution in [-0.4, -0.2) is 51.2 Å². The molecule has 1 aliphatic heterocycles. The first-order valence-corrected chi connectivity index (χ1v) is 11.0. The van der Waals surface area contributed by atoms with Crippen LogP contribution in [0.15, 0.2) is 37.1 Å². The number of hydrogen-bond acceptors (Lipinski definition) is 6. The first-order chi connectivity index (χ1) is 15.2. The van der Waals surface area contributed by atoms with Crippen LogP contribution >= 0.6 is 11.6 Å². The van der Waals surface area contributed by atoms with Crippen LogP contribution in [0.25, 0.3) is 22.1 Å². The van der Waals surface area contributed by atoms with Crippen LogP contribution in [-0.2, 0) is 11.2 Å². The van der Waals surface area contributed by atoms with Crippen molar-refractivity contribution in [2.75, 3.05) is 25.1 Å². The van der Waals surface area contributed by atoms with Gasteiger partial charge in [-0.05, 0) is 48.9 Å². The van der Waals surface area contributed by atoms with Crippen LogP contribution in [0.4, 0.5) is 5.69 Å². The molecule has 1 atom stereocenters. The van der Waals surface area contributed by atoms with E-state index in [4.69, 9.17) is 21.3 Å². The summed E-state index contributed by atoms with van der Waals surface area (Å²) in [4.78, 5) is 23.4. The second-order valence-electron chi connectivity index (χ2n) is 8.14. The number of halogens is 1. The van der Waals surface area contributed by atoms with Gasteiger partial charge in [-0.2, -0.15) is 0 Å². The molecule has 7 nitrogen and oxygen atoms in total. The average Bonchev–Trinajstić information content (AvgIpc) is 3.29. The molecule has 31 heavy (non-hydrogen) atoms. The van der Waals surface area contributed by atoms with E-state index in [1.165, 1.54) is 11.3 Å². The quantitative estimate of drug-likeness (QED) is 0.495. The van der Waals surface area contributed by atoms with E-state index >= 15 is 0 Å². The Kier molecular flexibility index (Phi) is 5.46. The molecule has 1 aliphatic rings. The second-order valence-corrected chi connectivity index (χ2v) is 8.55. The molecule has 8 heteroatoms. The lowest BCUT2D eigenvalue weighted by molar-refractivity contribution is 0.0819. The molecule has 1 fully saturated rings. The van der Waals surface area contributed by atoms with Gasteiger partial charge in [0.2, 0.25) is 0 Å². The average molecular weight is 437 g/mol. The van der Waals surface area contributed by atoms with E-state index in [-0.39, 0.29) is 5.92 Å². The van der Waals surface area contributed by atoms with Gasteiger partial charge in [-0.1, -0.05) is 18.5 Å². The Balaban J connectivity index is 1.58. The van der Waals surface area contributed by atoms with Crippen LogP contribution in [0.5, 0.6) is 0 Å². The van der Waals surface area contributed by atoms with Gasteiger partial charge in [0.05, 0.1) is 34.4 Å². The molecule has 3 aromatic heterocycles. The molecule has 4 aromatic rings. The SMILES string of the molecule is COC1CCN(c2c(C(C)Cc3ncnc4nc[nH]c34)cc(Cl)c3cccnc23)CC1. The standard InChI is InChI=1S/C23H25ClN6O/c1-14(10-19-21-23(28-12-26-19)29-13-27-21)17-11-18(24)16-4-3-7-25-20(16)22(17)30-8-5-15(31-2)6-9-30/h3-4,7,11-15H,5-6,8-10H2,1-2H3,(H,26,27,28,29). The smallest absolute Gasteiger partial charge is 0.180 e. The third-order valence-corrected chi connectivity index (χ3v) is 6.58. The van der Waals surface area contributed by atoms with E-state index in [0.717, 1.165) is 59.5 Å². The third-order valence-electron chi connectivity index (χ3n) is 6.27. The molecule has 1 saturated heterocycles. The number of hydrogen-bond donors (Lipinski definition) is 1. The van der Waals surface area contributed by atoms with E-state index in [2.05, 4.69) is 37.8 Å². The summed E-state index contributed by atoms with van der Waals surface area (Å²) in [5.41, 5.74) is 5.87. The van der Waals surface area contributed by atoms with Crippen molar-refractivity contribution in [3.63, 3.8) is 0 Å². The second kappa shape index (κ2) is 8.40. The summed E-state index contributed by atoms with van der Waals surface area (Å²) in [6.45, 7) is 4.09. The summed E-state index contributed by atoms with van der Waals surface area (Å²) in [6.07, 6.45) is 8.16. The molecule has 160 valence electrons. The largest absolute Gasteiger partial charge is 0.381 e. The highest BCUT2D eigenvalue weighted by Crippen LogP contribution is 2.40. The van der Waals surface area contributed by atoms with Gasteiger partial charge in [0, 0.05) is 31.8 Å². The monoisotopic (exact) mass is 436 g/mol. The Hall–Kier alpha value is -2.77. The van der Waals surface area contributed by atoms with E-state index in [0.29, 0.717) is 11.8 Å². The number of rotatable bonds is 5. The predicted molar refractivity (Wildman–Crippen MR) is 123 cm³/mol. The van der Waals surface area contributed by atoms with Crippen LogP contribution in [0, 0.1) is 0 Å². The highest BCUT2D eigenvalue weighted by molar-refractivity contribution is 6.36. The highest BCUT2D eigenvalue weighted by Gasteiger charge is 2.26. The van der Waals surface area contributed by atoms with Gasteiger partial charge in [0.1, 0.15) is 11.8 Å². The molecule has 5 rings (SSSR count). The molecular weight excluding hydrogens is 412 g/mol. The number of ether oxygens (including phenoxy) is 1. The predicted octanol–water partition coefficient (Wildman–Crippen LogP) is 4.52. The third kappa shape index (κ3) is 3.72. The summed E-state index contributed by atoms with van der Waals surface area (Å²) < 4.78 is 5.58. The number of nitrogens with one attached hydrogen (secondary N) is 1. The van der Waals surface area contributed by atoms with Gasteiger partial charge >= 0.3 is 0 Å². The van der Waals surface area contributed by atoms with Crippen molar-refractivity contribution in [3.8, 4) is 0 Å². The number of H-pyrrole nitrogens is 1. The number of anilines is 1. The molecular formula is C23H25ClN6O. The minimum Gasteiger partial charge on any atom is -0.381 e. The van der Waals surface area contributed by atoms with E-state index in [9.17, 15) is 0 Å². The first-order valence-electron chi connectivity index (χ1n) is 10.6. The van der Waals surface area contributed by atoms with E-state index in [1.54, 1.807) is 19.8 Å². The highest BCUT2D eigenvalue weighted by atomic mass is 35.5. The first kappa shape index (κ1) is 20.2. The molecule has 4 heterocycles. The number of aromatic amines is 1. The van der Waals surface area contributed by atoms with Crippen LogP contribution < -0.4 is 4.90 Å². The number of methoxy groups -OCH3 is 1. The molecule has 0 amide bonds. The minimum atomic E-state index is 0.181. The zero-order valence-electron chi connectivity index (χ0n) is 17.7. The summed E-state index contributed by atoms with van der Waals surface area (Å²) >= 11 is 6.72. The maximum atomic E-state index is 6.72. The maximum Gasteiger partial charge on any atom is 0.180 e. The Morgan fingerprint density at radius 2 is 2.06 bits per heavy atom. The van der Waals surface area contributed by atoms with Crippen molar-refractivity contribution < 1.29 is 4.74 Å². The molecule has 1 N–H and O–H groups in total. The maximum absolute atomic E-state index is 6.72. The van der Waals surface area contributed by atoms with Crippen molar-refractivity contribution >= 4 is 39.4 Å². The number of fused-ring (bicyclic) bond motifs is 2. The van der Waals surface area contributed by atoms with Gasteiger partial charge in [-0.15, -0.1) is 0 Å². The molecule has 0 aliphatic carbocycles. The van der Waals surface area contributed by atoms with Crippen molar-refractivity contribution in [2.24, 2.45) is 0 Å². The van der Waals surface area contributed by atoms with Crippen molar-refractivity contribution in [1.82, 2.24) is 24.9 Å². The van der Waals surface area contributed by atoms with Crippen molar-refractivity contribution in [1.29, 1.82) is 0 Å². The van der Waals surface area contributed by atoms with Crippen molar-refractivity contribution in [3.05, 3.63) is 53.3 Å². The van der Waals surface area contributed by atoms with Gasteiger partial charge in [0.25, 0.3) is 0 Å². The lowest BCUT2D eigenvalue weighted by Gasteiger charge is -2.35. The number of benzene rings is 1. The lowest BCUT2D eigenvalue weighted by Crippen LogP contribution is -2.37. The zero-order valence-corrected chi connectivity index (χ0v) is 18.4. The van der Waals surface area contributed by atoms with E-state index < -0.39 is 0 Å². The Bertz CT molecular complexity index is 1220. The Morgan fingerprint density at radius 1 is 1.23 bits per heavy atom. The molecule has 1 aromatic carbocycles. The minimum absolute atomic E-state index is 0.181. The summed E-state index contributed by atoms with van der Waals surface area (Å²) in [5.74, 6) is 0.181.